The Morgan fingerprint density at radius 3 is 2.07 bits per heavy atom. The molecular formula is C11H11F3O. The second-order valence-corrected chi connectivity index (χ2v) is 3.31. The first-order valence-electron chi connectivity index (χ1n) is 4.56. The standard InChI is InChI=1S/C11H11F3O/c1-2-10(8-15,11(12,13)14)9-6-4-3-5-7-9/h3-8H,2H2,1H3. The molecule has 0 spiro atoms. The summed E-state index contributed by atoms with van der Waals surface area (Å²) in [6, 6.07) is 7.26. The molecule has 0 radical (unpaired) electrons. The summed E-state index contributed by atoms with van der Waals surface area (Å²) in [7, 11) is 0. The monoisotopic (exact) mass is 216 g/mol. The van der Waals surface area contributed by atoms with Crippen LogP contribution in [-0.2, 0) is 10.2 Å². The van der Waals surface area contributed by atoms with E-state index >= 15 is 0 Å². The summed E-state index contributed by atoms with van der Waals surface area (Å²) in [6.45, 7) is 1.36. The number of aldehydes is 1. The van der Waals surface area contributed by atoms with Gasteiger partial charge in [-0.1, -0.05) is 37.3 Å². The van der Waals surface area contributed by atoms with E-state index in [-0.39, 0.29) is 18.3 Å². The van der Waals surface area contributed by atoms with Crippen LogP contribution < -0.4 is 0 Å². The Morgan fingerprint density at radius 2 is 1.73 bits per heavy atom. The zero-order valence-corrected chi connectivity index (χ0v) is 8.21. The molecule has 1 rings (SSSR count). The number of rotatable bonds is 3. The molecule has 1 aromatic carbocycles. The Morgan fingerprint density at radius 1 is 1.20 bits per heavy atom. The molecule has 0 fully saturated rings. The van der Waals surface area contributed by atoms with Gasteiger partial charge < -0.3 is 4.79 Å². The topological polar surface area (TPSA) is 17.1 Å². The summed E-state index contributed by atoms with van der Waals surface area (Å²) in [6.07, 6.45) is -4.85. The lowest BCUT2D eigenvalue weighted by Gasteiger charge is -2.29. The molecule has 0 aromatic heterocycles. The van der Waals surface area contributed by atoms with Crippen LogP contribution in [0.5, 0.6) is 0 Å². The van der Waals surface area contributed by atoms with Gasteiger partial charge in [-0.2, -0.15) is 13.2 Å². The second kappa shape index (κ2) is 4.04. The van der Waals surface area contributed by atoms with Gasteiger partial charge in [0, 0.05) is 0 Å². The van der Waals surface area contributed by atoms with Crippen LogP contribution in [0.4, 0.5) is 13.2 Å². The van der Waals surface area contributed by atoms with Gasteiger partial charge in [-0.25, -0.2) is 0 Å². The maximum absolute atomic E-state index is 12.8. The van der Waals surface area contributed by atoms with Crippen molar-refractivity contribution in [2.45, 2.75) is 24.9 Å². The van der Waals surface area contributed by atoms with E-state index < -0.39 is 11.6 Å². The highest BCUT2D eigenvalue weighted by Crippen LogP contribution is 2.41. The number of carbonyl (C=O) groups is 1. The molecule has 0 aliphatic carbocycles. The second-order valence-electron chi connectivity index (χ2n) is 3.31. The van der Waals surface area contributed by atoms with Crippen molar-refractivity contribution in [2.75, 3.05) is 0 Å². The lowest BCUT2D eigenvalue weighted by atomic mass is 9.79. The van der Waals surface area contributed by atoms with E-state index in [1.54, 1.807) is 6.07 Å². The molecule has 1 unspecified atom stereocenters. The summed E-state index contributed by atoms with van der Waals surface area (Å²) < 4.78 is 38.5. The summed E-state index contributed by atoms with van der Waals surface area (Å²) in [5.74, 6) is 0. The average molecular weight is 216 g/mol. The van der Waals surface area contributed by atoms with E-state index in [1.807, 2.05) is 0 Å². The van der Waals surface area contributed by atoms with E-state index in [2.05, 4.69) is 0 Å². The van der Waals surface area contributed by atoms with Crippen LogP contribution in [0, 0.1) is 0 Å². The third kappa shape index (κ3) is 1.89. The van der Waals surface area contributed by atoms with Crippen molar-refractivity contribution < 1.29 is 18.0 Å². The van der Waals surface area contributed by atoms with Crippen molar-refractivity contribution in [1.82, 2.24) is 0 Å². The van der Waals surface area contributed by atoms with Crippen LogP contribution in [0.15, 0.2) is 30.3 Å². The third-order valence-corrected chi connectivity index (χ3v) is 2.55. The Kier molecular flexibility index (Phi) is 3.17. The number of alkyl halides is 3. The van der Waals surface area contributed by atoms with Crippen molar-refractivity contribution >= 4 is 6.29 Å². The van der Waals surface area contributed by atoms with Crippen LogP contribution in [0.3, 0.4) is 0 Å². The van der Waals surface area contributed by atoms with Gasteiger partial charge in [-0.3, -0.25) is 0 Å². The van der Waals surface area contributed by atoms with Crippen molar-refractivity contribution in [3.8, 4) is 0 Å². The normalized spacial score (nSPS) is 15.7. The lowest BCUT2D eigenvalue weighted by molar-refractivity contribution is -0.188. The van der Waals surface area contributed by atoms with Crippen molar-refractivity contribution in [1.29, 1.82) is 0 Å². The molecule has 15 heavy (non-hydrogen) atoms. The van der Waals surface area contributed by atoms with E-state index in [1.165, 1.54) is 31.2 Å². The summed E-state index contributed by atoms with van der Waals surface area (Å²) in [5, 5.41) is 0. The zero-order chi connectivity index (χ0) is 11.5. The number of hydrogen-bond donors (Lipinski definition) is 0. The predicted molar refractivity (Wildman–Crippen MR) is 50.5 cm³/mol. The molecule has 0 saturated heterocycles. The van der Waals surface area contributed by atoms with Crippen LogP contribution in [0.2, 0.25) is 0 Å². The third-order valence-electron chi connectivity index (χ3n) is 2.55. The molecule has 0 aliphatic rings. The molecule has 1 aromatic rings. The Bertz CT molecular complexity index is 331. The van der Waals surface area contributed by atoms with Crippen LogP contribution in [0.1, 0.15) is 18.9 Å². The maximum Gasteiger partial charge on any atom is 0.404 e. The smallest absolute Gasteiger partial charge is 0.302 e. The molecule has 1 atom stereocenters. The highest BCUT2D eigenvalue weighted by atomic mass is 19.4. The minimum atomic E-state index is -4.55. The van der Waals surface area contributed by atoms with E-state index in [0.29, 0.717) is 0 Å². The van der Waals surface area contributed by atoms with E-state index in [4.69, 9.17) is 0 Å². The minimum Gasteiger partial charge on any atom is -0.302 e. The maximum atomic E-state index is 12.8. The highest BCUT2D eigenvalue weighted by molar-refractivity contribution is 5.70. The van der Waals surface area contributed by atoms with E-state index in [9.17, 15) is 18.0 Å². The molecule has 0 saturated carbocycles. The molecular weight excluding hydrogens is 205 g/mol. The summed E-state index contributed by atoms with van der Waals surface area (Å²) >= 11 is 0. The lowest BCUT2D eigenvalue weighted by Crippen LogP contribution is -2.43. The SMILES string of the molecule is CCC(C=O)(c1ccccc1)C(F)(F)F. The fourth-order valence-corrected chi connectivity index (χ4v) is 1.52. The minimum absolute atomic E-state index is 0.00463. The molecule has 1 nitrogen and oxygen atoms in total. The largest absolute Gasteiger partial charge is 0.404 e. The zero-order valence-electron chi connectivity index (χ0n) is 8.21. The van der Waals surface area contributed by atoms with Crippen LogP contribution >= 0.6 is 0 Å². The molecule has 0 bridgehead atoms. The Balaban J connectivity index is 3.30. The van der Waals surface area contributed by atoms with E-state index in [0.717, 1.165) is 0 Å². The number of benzene rings is 1. The summed E-state index contributed by atoms with van der Waals surface area (Å²) in [5.41, 5.74) is -2.37. The van der Waals surface area contributed by atoms with Crippen molar-refractivity contribution in [3.63, 3.8) is 0 Å². The fraction of sp³-hybridized carbons (Fsp3) is 0.364. The molecule has 0 N–H and O–H groups in total. The van der Waals surface area contributed by atoms with Crippen molar-refractivity contribution in [2.24, 2.45) is 0 Å². The van der Waals surface area contributed by atoms with Gasteiger partial charge in [0.05, 0.1) is 0 Å². The van der Waals surface area contributed by atoms with Gasteiger partial charge in [0.1, 0.15) is 11.7 Å². The molecule has 0 amide bonds. The van der Waals surface area contributed by atoms with Gasteiger partial charge in [-0.15, -0.1) is 0 Å². The first-order chi connectivity index (χ1) is 6.98. The first kappa shape index (κ1) is 11.8. The first-order valence-corrected chi connectivity index (χ1v) is 4.56. The van der Waals surface area contributed by atoms with Gasteiger partial charge >= 0.3 is 6.18 Å². The quantitative estimate of drug-likeness (QED) is 0.709. The van der Waals surface area contributed by atoms with Gasteiger partial charge in [0.25, 0.3) is 0 Å². The molecule has 4 heteroatoms. The average Bonchev–Trinajstić information content (AvgIpc) is 2.20. The molecule has 82 valence electrons. The Labute approximate surface area is 85.9 Å². The number of hydrogen-bond acceptors (Lipinski definition) is 1. The van der Waals surface area contributed by atoms with Gasteiger partial charge in [0.2, 0.25) is 0 Å². The predicted octanol–water partition coefficient (Wildman–Crippen LogP) is 3.10. The van der Waals surface area contributed by atoms with Gasteiger partial charge in [0.15, 0.2) is 0 Å². The summed E-state index contributed by atoms with van der Waals surface area (Å²) in [4.78, 5) is 10.8. The number of halogens is 3. The molecule has 0 heterocycles. The highest BCUT2D eigenvalue weighted by Gasteiger charge is 2.54. The fourth-order valence-electron chi connectivity index (χ4n) is 1.52. The van der Waals surface area contributed by atoms with Crippen molar-refractivity contribution in [3.05, 3.63) is 35.9 Å². The van der Waals surface area contributed by atoms with Crippen LogP contribution in [-0.4, -0.2) is 12.5 Å². The molecule has 0 aliphatic heterocycles. The Hall–Kier alpha value is -1.32. The number of carbonyl (C=O) groups excluding carboxylic acids is 1. The van der Waals surface area contributed by atoms with Crippen LogP contribution in [0.25, 0.3) is 0 Å². The van der Waals surface area contributed by atoms with Gasteiger partial charge in [-0.05, 0) is 12.0 Å².